The number of halogens is 2. The highest BCUT2D eigenvalue weighted by atomic mass is 19.1. The van der Waals surface area contributed by atoms with Crippen LogP contribution in [0.2, 0.25) is 0 Å². The number of benzene rings is 1. The third-order valence-electron chi connectivity index (χ3n) is 2.19. The minimum Gasteiger partial charge on any atom is -0.477 e. The highest BCUT2D eigenvalue weighted by Crippen LogP contribution is 2.20. The molecular formula is C12H8F2N2O2. The van der Waals surface area contributed by atoms with E-state index in [0.717, 1.165) is 18.2 Å². The van der Waals surface area contributed by atoms with Crippen molar-refractivity contribution in [1.29, 1.82) is 0 Å². The number of nitrogens with zero attached hydrogens (tertiary/aromatic N) is 1. The van der Waals surface area contributed by atoms with E-state index in [-0.39, 0.29) is 11.4 Å². The summed E-state index contributed by atoms with van der Waals surface area (Å²) >= 11 is 0. The fourth-order valence-electron chi connectivity index (χ4n) is 1.34. The molecule has 0 unspecified atom stereocenters. The highest BCUT2D eigenvalue weighted by molar-refractivity contribution is 5.85. The predicted molar refractivity (Wildman–Crippen MR) is 60.8 cm³/mol. The van der Waals surface area contributed by atoms with Gasteiger partial charge >= 0.3 is 5.97 Å². The van der Waals surface area contributed by atoms with E-state index in [1.807, 2.05) is 0 Å². The van der Waals surface area contributed by atoms with Gasteiger partial charge < -0.3 is 10.4 Å². The molecule has 0 aliphatic rings. The maximum absolute atomic E-state index is 13.3. The number of anilines is 2. The standard InChI is InChI=1S/C12H8F2N2O2/c13-7-1-3-9(14)11(5-7)16-8-2-4-10(12(17)18)15-6-8/h1-6,16H,(H,17,18). The Morgan fingerprint density at radius 2 is 2.00 bits per heavy atom. The van der Waals surface area contributed by atoms with Crippen LogP contribution in [0.3, 0.4) is 0 Å². The number of rotatable bonds is 3. The molecule has 0 amide bonds. The number of aromatic nitrogens is 1. The molecule has 1 aromatic heterocycles. The van der Waals surface area contributed by atoms with Gasteiger partial charge in [-0.05, 0) is 24.3 Å². The third kappa shape index (κ3) is 2.60. The van der Waals surface area contributed by atoms with Crippen LogP contribution in [0.4, 0.5) is 20.2 Å². The molecule has 0 fully saturated rings. The molecule has 92 valence electrons. The van der Waals surface area contributed by atoms with Crippen LogP contribution in [0.5, 0.6) is 0 Å². The van der Waals surface area contributed by atoms with Crippen molar-refractivity contribution in [3.8, 4) is 0 Å². The molecule has 4 nitrogen and oxygen atoms in total. The van der Waals surface area contributed by atoms with Gasteiger partial charge in [-0.25, -0.2) is 18.6 Å². The summed E-state index contributed by atoms with van der Waals surface area (Å²) in [6.45, 7) is 0. The van der Waals surface area contributed by atoms with Crippen molar-refractivity contribution >= 4 is 17.3 Å². The van der Waals surface area contributed by atoms with Crippen molar-refractivity contribution in [2.45, 2.75) is 0 Å². The van der Waals surface area contributed by atoms with Gasteiger partial charge in [0.15, 0.2) is 0 Å². The summed E-state index contributed by atoms with van der Waals surface area (Å²) in [5, 5.41) is 11.3. The molecule has 0 bridgehead atoms. The SMILES string of the molecule is O=C(O)c1ccc(Nc2cc(F)ccc2F)cn1. The van der Waals surface area contributed by atoms with E-state index in [9.17, 15) is 13.6 Å². The van der Waals surface area contributed by atoms with E-state index in [2.05, 4.69) is 10.3 Å². The molecule has 2 N–H and O–H groups in total. The van der Waals surface area contributed by atoms with Crippen LogP contribution in [0.15, 0.2) is 36.5 Å². The smallest absolute Gasteiger partial charge is 0.354 e. The molecule has 0 aliphatic carbocycles. The van der Waals surface area contributed by atoms with Crippen LogP contribution < -0.4 is 5.32 Å². The van der Waals surface area contributed by atoms with Crippen LogP contribution in [0, 0.1) is 11.6 Å². The first-order valence-electron chi connectivity index (χ1n) is 4.97. The molecule has 1 heterocycles. The van der Waals surface area contributed by atoms with Crippen molar-refractivity contribution in [1.82, 2.24) is 4.98 Å². The van der Waals surface area contributed by atoms with Crippen molar-refractivity contribution in [3.63, 3.8) is 0 Å². The second kappa shape index (κ2) is 4.79. The maximum Gasteiger partial charge on any atom is 0.354 e. The lowest BCUT2D eigenvalue weighted by Gasteiger charge is -2.07. The monoisotopic (exact) mass is 250 g/mol. The average molecular weight is 250 g/mol. The van der Waals surface area contributed by atoms with Gasteiger partial charge in [0.25, 0.3) is 0 Å². The van der Waals surface area contributed by atoms with E-state index < -0.39 is 17.6 Å². The average Bonchev–Trinajstić information content (AvgIpc) is 2.34. The second-order valence-electron chi connectivity index (χ2n) is 3.49. The van der Waals surface area contributed by atoms with Gasteiger partial charge in [0.1, 0.15) is 17.3 Å². The normalized spacial score (nSPS) is 10.1. The summed E-state index contributed by atoms with van der Waals surface area (Å²) in [5.74, 6) is -2.34. The number of carboxylic acid groups (broad SMARTS) is 1. The van der Waals surface area contributed by atoms with E-state index >= 15 is 0 Å². The van der Waals surface area contributed by atoms with Crippen LogP contribution in [-0.4, -0.2) is 16.1 Å². The Morgan fingerprint density at radius 3 is 2.61 bits per heavy atom. The van der Waals surface area contributed by atoms with Crippen molar-refractivity contribution in [2.24, 2.45) is 0 Å². The predicted octanol–water partition coefficient (Wildman–Crippen LogP) is 2.80. The van der Waals surface area contributed by atoms with Gasteiger partial charge in [0.05, 0.1) is 17.6 Å². The fraction of sp³-hybridized carbons (Fsp3) is 0. The lowest BCUT2D eigenvalue weighted by molar-refractivity contribution is 0.0690. The minimum atomic E-state index is -1.15. The molecule has 2 aromatic rings. The van der Waals surface area contributed by atoms with E-state index in [1.165, 1.54) is 18.3 Å². The summed E-state index contributed by atoms with van der Waals surface area (Å²) in [5.41, 5.74) is 0.199. The Balaban J connectivity index is 2.23. The molecule has 1 aromatic carbocycles. The van der Waals surface area contributed by atoms with Crippen LogP contribution in [0.25, 0.3) is 0 Å². The van der Waals surface area contributed by atoms with E-state index in [1.54, 1.807) is 0 Å². The summed E-state index contributed by atoms with van der Waals surface area (Å²) in [7, 11) is 0. The van der Waals surface area contributed by atoms with Crippen LogP contribution in [0.1, 0.15) is 10.5 Å². The Hall–Kier alpha value is -2.50. The van der Waals surface area contributed by atoms with Crippen molar-refractivity contribution < 1.29 is 18.7 Å². The van der Waals surface area contributed by atoms with Crippen molar-refractivity contribution in [3.05, 3.63) is 53.9 Å². The summed E-state index contributed by atoms with van der Waals surface area (Å²) in [6, 6.07) is 5.69. The summed E-state index contributed by atoms with van der Waals surface area (Å²) in [4.78, 5) is 14.2. The topological polar surface area (TPSA) is 62.2 Å². The number of hydrogen-bond donors (Lipinski definition) is 2. The van der Waals surface area contributed by atoms with Gasteiger partial charge in [-0.3, -0.25) is 0 Å². The van der Waals surface area contributed by atoms with Gasteiger partial charge in [0, 0.05) is 6.07 Å². The highest BCUT2D eigenvalue weighted by Gasteiger charge is 2.06. The first-order valence-corrected chi connectivity index (χ1v) is 4.97. The number of carboxylic acids is 1. The molecule has 0 spiro atoms. The quantitative estimate of drug-likeness (QED) is 0.879. The molecule has 0 aliphatic heterocycles. The largest absolute Gasteiger partial charge is 0.477 e. The molecule has 0 saturated carbocycles. The first-order chi connectivity index (χ1) is 8.56. The lowest BCUT2D eigenvalue weighted by Crippen LogP contribution is -2.01. The maximum atomic E-state index is 13.3. The fourth-order valence-corrected chi connectivity index (χ4v) is 1.34. The molecule has 0 saturated heterocycles. The van der Waals surface area contributed by atoms with E-state index in [0.29, 0.717) is 5.69 Å². The molecule has 0 radical (unpaired) electrons. The number of pyridine rings is 1. The second-order valence-corrected chi connectivity index (χ2v) is 3.49. The van der Waals surface area contributed by atoms with E-state index in [4.69, 9.17) is 5.11 Å². The molecule has 6 heteroatoms. The van der Waals surface area contributed by atoms with Gasteiger partial charge in [-0.2, -0.15) is 0 Å². The van der Waals surface area contributed by atoms with Crippen LogP contribution >= 0.6 is 0 Å². The Bertz CT molecular complexity index is 585. The first kappa shape index (κ1) is 12.0. The zero-order valence-corrected chi connectivity index (χ0v) is 9.02. The third-order valence-corrected chi connectivity index (χ3v) is 2.19. The zero-order valence-electron chi connectivity index (χ0n) is 9.02. The van der Waals surface area contributed by atoms with Crippen molar-refractivity contribution in [2.75, 3.05) is 5.32 Å². The summed E-state index contributed by atoms with van der Waals surface area (Å²) < 4.78 is 26.2. The van der Waals surface area contributed by atoms with Gasteiger partial charge in [0.2, 0.25) is 0 Å². The molecule has 2 rings (SSSR count). The molecular weight excluding hydrogens is 242 g/mol. The minimum absolute atomic E-state index is 0.0418. The Morgan fingerprint density at radius 1 is 1.22 bits per heavy atom. The Labute approximate surface area is 101 Å². The molecule has 0 atom stereocenters. The number of carbonyl (C=O) groups is 1. The number of nitrogens with one attached hydrogen (secondary N) is 1. The number of hydrogen-bond acceptors (Lipinski definition) is 3. The van der Waals surface area contributed by atoms with Gasteiger partial charge in [-0.1, -0.05) is 0 Å². The lowest BCUT2D eigenvalue weighted by atomic mass is 10.2. The van der Waals surface area contributed by atoms with Crippen LogP contribution in [-0.2, 0) is 0 Å². The summed E-state index contributed by atoms with van der Waals surface area (Å²) in [6.07, 6.45) is 1.23. The van der Waals surface area contributed by atoms with Gasteiger partial charge in [-0.15, -0.1) is 0 Å². The number of aromatic carboxylic acids is 1. The molecule has 18 heavy (non-hydrogen) atoms. The Kier molecular flexibility index (Phi) is 3.18. The zero-order chi connectivity index (χ0) is 13.1.